The number of pyridine rings is 1. The fourth-order valence-electron chi connectivity index (χ4n) is 2.88. The van der Waals surface area contributed by atoms with Gasteiger partial charge < -0.3 is 14.6 Å². The Bertz CT molecular complexity index is 1110. The summed E-state index contributed by atoms with van der Waals surface area (Å²) in [4.78, 5) is 29.1. The van der Waals surface area contributed by atoms with Crippen molar-refractivity contribution in [1.82, 2.24) is 4.98 Å². The number of methoxy groups -OCH3 is 1. The number of fused-ring (bicyclic) bond motifs is 1. The van der Waals surface area contributed by atoms with Crippen LogP contribution in [0.1, 0.15) is 45.0 Å². The van der Waals surface area contributed by atoms with Gasteiger partial charge >= 0.3 is 5.97 Å². The molecule has 29 heavy (non-hydrogen) atoms. The first kappa shape index (κ1) is 20.5. The van der Waals surface area contributed by atoms with Crippen LogP contribution in [0, 0.1) is 6.92 Å². The number of aryl methyl sites for hydroxylation is 1. The zero-order chi connectivity index (χ0) is 21.1. The zero-order valence-electron chi connectivity index (χ0n) is 16.6. The number of thiophene rings is 1. The molecule has 0 atom stereocenters. The Hall–Kier alpha value is -3.19. The first-order chi connectivity index (χ1) is 13.8. The lowest BCUT2D eigenvalue weighted by Gasteiger charge is -2.15. The molecule has 150 valence electrons. The summed E-state index contributed by atoms with van der Waals surface area (Å²) < 4.78 is 11.2. The molecule has 3 rings (SSSR count). The predicted octanol–water partition coefficient (Wildman–Crippen LogP) is 4.99. The van der Waals surface area contributed by atoms with Crippen LogP contribution in [0.5, 0.6) is 11.5 Å². The first-order valence-corrected chi connectivity index (χ1v) is 9.82. The van der Waals surface area contributed by atoms with Crippen molar-refractivity contribution in [3.63, 3.8) is 0 Å². The van der Waals surface area contributed by atoms with E-state index in [1.807, 2.05) is 26.0 Å². The minimum atomic E-state index is -0.992. The maximum atomic E-state index is 12.7. The smallest absolute Gasteiger partial charge is 0.346 e. The van der Waals surface area contributed by atoms with Gasteiger partial charge in [0.2, 0.25) is 0 Å². The Kier molecular flexibility index (Phi) is 5.98. The number of hydrogen-bond acceptors (Lipinski definition) is 6. The molecule has 2 heterocycles. The van der Waals surface area contributed by atoms with E-state index in [9.17, 15) is 14.7 Å². The van der Waals surface area contributed by atoms with Crippen molar-refractivity contribution in [1.29, 1.82) is 0 Å². The maximum absolute atomic E-state index is 12.7. The Balaban J connectivity index is 1.93. The molecule has 6 nitrogen and oxygen atoms in total. The zero-order valence-corrected chi connectivity index (χ0v) is 17.4. The molecule has 0 aliphatic heterocycles. The van der Waals surface area contributed by atoms with Crippen LogP contribution < -0.4 is 9.47 Å². The van der Waals surface area contributed by atoms with Gasteiger partial charge in [0.25, 0.3) is 0 Å². The Morgan fingerprint density at radius 2 is 2.03 bits per heavy atom. The molecular formula is C22H21NO5S. The van der Waals surface area contributed by atoms with Gasteiger partial charge in [0.15, 0.2) is 17.3 Å². The minimum Gasteiger partial charge on any atom is -0.493 e. The van der Waals surface area contributed by atoms with Crippen molar-refractivity contribution < 1.29 is 24.2 Å². The molecule has 7 heteroatoms. The molecule has 0 fully saturated rings. The van der Waals surface area contributed by atoms with Crippen LogP contribution in [0.3, 0.4) is 0 Å². The van der Waals surface area contributed by atoms with Crippen LogP contribution in [-0.2, 0) is 0 Å². The number of nitrogens with zero attached hydrogens (tertiary/aromatic N) is 1. The SMILES string of the molecule is COc1cccc(/C=C/C(=O)c2cnc3sc(C(=O)O)c(C)c3c2)c1OC(C)C. The summed E-state index contributed by atoms with van der Waals surface area (Å²) >= 11 is 1.10. The standard InChI is InChI=1S/C22H21NO5S/c1-12(2)28-19-14(6-5-7-18(19)27-4)8-9-17(24)15-10-16-13(3)20(22(25)26)29-21(16)23-11-15/h5-12H,1-4H3,(H,25,26)/b9-8+. The van der Waals surface area contributed by atoms with Gasteiger partial charge in [-0.1, -0.05) is 12.1 Å². The van der Waals surface area contributed by atoms with E-state index in [-0.39, 0.29) is 16.8 Å². The summed E-state index contributed by atoms with van der Waals surface area (Å²) in [6, 6.07) is 7.15. The Labute approximate surface area is 172 Å². The van der Waals surface area contributed by atoms with Crippen LogP contribution in [0.2, 0.25) is 0 Å². The number of rotatable bonds is 7. The van der Waals surface area contributed by atoms with E-state index in [4.69, 9.17) is 9.47 Å². The number of carbonyl (C=O) groups excluding carboxylic acids is 1. The highest BCUT2D eigenvalue weighted by molar-refractivity contribution is 7.20. The van der Waals surface area contributed by atoms with Crippen LogP contribution in [0.25, 0.3) is 16.3 Å². The van der Waals surface area contributed by atoms with Crippen LogP contribution >= 0.6 is 11.3 Å². The summed E-state index contributed by atoms with van der Waals surface area (Å²) in [7, 11) is 1.57. The maximum Gasteiger partial charge on any atom is 0.346 e. The number of carboxylic acid groups (broad SMARTS) is 1. The Morgan fingerprint density at radius 3 is 2.69 bits per heavy atom. The van der Waals surface area contributed by atoms with Gasteiger partial charge in [0.05, 0.1) is 13.2 Å². The fourth-order valence-corrected chi connectivity index (χ4v) is 3.86. The molecular weight excluding hydrogens is 390 g/mol. The first-order valence-electron chi connectivity index (χ1n) is 9.00. The van der Waals surface area contributed by atoms with E-state index in [1.165, 1.54) is 12.3 Å². The van der Waals surface area contributed by atoms with E-state index in [2.05, 4.69) is 4.98 Å². The van der Waals surface area contributed by atoms with Crippen molar-refractivity contribution in [3.05, 3.63) is 58.1 Å². The number of ether oxygens (including phenoxy) is 2. The average molecular weight is 411 g/mol. The van der Waals surface area contributed by atoms with Crippen molar-refractivity contribution in [3.8, 4) is 11.5 Å². The third-order valence-electron chi connectivity index (χ3n) is 4.27. The molecule has 0 aliphatic rings. The highest BCUT2D eigenvalue weighted by Gasteiger charge is 2.17. The number of carboxylic acids is 1. The number of para-hydroxylation sites is 1. The number of benzene rings is 1. The third kappa shape index (κ3) is 4.30. The largest absolute Gasteiger partial charge is 0.493 e. The fraction of sp³-hybridized carbons (Fsp3) is 0.227. The van der Waals surface area contributed by atoms with Crippen LogP contribution in [-0.4, -0.2) is 35.1 Å². The lowest BCUT2D eigenvalue weighted by atomic mass is 10.1. The lowest BCUT2D eigenvalue weighted by molar-refractivity contribution is 0.0701. The molecule has 0 spiro atoms. The topological polar surface area (TPSA) is 85.7 Å². The summed E-state index contributed by atoms with van der Waals surface area (Å²) in [5, 5.41) is 9.95. The lowest BCUT2D eigenvalue weighted by Crippen LogP contribution is -2.08. The Morgan fingerprint density at radius 1 is 1.28 bits per heavy atom. The highest BCUT2D eigenvalue weighted by Crippen LogP contribution is 2.33. The molecule has 2 aromatic heterocycles. The number of aromatic nitrogens is 1. The summed E-state index contributed by atoms with van der Waals surface area (Å²) in [6.07, 6.45) is 4.54. The van der Waals surface area contributed by atoms with E-state index < -0.39 is 5.97 Å². The third-order valence-corrected chi connectivity index (χ3v) is 5.47. The number of allylic oxidation sites excluding steroid dienone is 1. The van der Waals surface area contributed by atoms with Crippen molar-refractivity contribution in [2.75, 3.05) is 7.11 Å². The molecule has 0 saturated carbocycles. The second kappa shape index (κ2) is 8.45. The van der Waals surface area contributed by atoms with E-state index in [0.717, 1.165) is 16.9 Å². The van der Waals surface area contributed by atoms with E-state index >= 15 is 0 Å². The average Bonchev–Trinajstić information content (AvgIpc) is 3.02. The molecule has 0 radical (unpaired) electrons. The van der Waals surface area contributed by atoms with E-state index in [1.54, 1.807) is 32.2 Å². The highest BCUT2D eigenvalue weighted by atomic mass is 32.1. The summed E-state index contributed by atoms with van der Waals surface area (Å²) in [6.45, 7) is 5.56. The summed E-state index contributed by atoms with van der Waals surface area (Å²) in [5.41, 5.74) is 1.73. The number of carbonyl (C=O) groups is 2. The van der Waals surface area contributed by atoms with Gasteiger partial charge in [-0.3, -0.25) is 4.79 Å². The van der Waals surface area contributed by atoms with Crippen molar-refractivity contribution in [2.45, 2.75) is 26.9 Å². The van der Waals surface area contributed by atoms with Gasteiger partial charge in [-0.2, -0.15) is 0 Å². The molecule has 1 aromatic carbocycles. The quantitative estimate of drug-likeness (QED) is 0.435. The number of aromatic carboxylic acids is 1. The van der Waals surface area contributed by atoms with E-state index in [0.29, 0.717) is 32.8 Å². The summed E-state index contributed by atoms with van der Waals surface area (Å²) in [5.74, 6) is -0.0666. The van der Waals surface area contributed by atoms with Gasteiger partial charge in [-0.25, -0.2) is 9.78 Å². The van der Waals surface area contributed by atoms with Gasteiger partial charge in [0, 0.05) is 22.7 Å². The number of hydrogen-bond donors (Lipinski definition) is 1. The molecule has 0 amide bonds. The predicted molar refractivity (Wildman–Crippen MR) is 113 cm³/mol. The molecule has 3 aromatic rings. The molecule has 0 aliphatic carbocycles. The molecule has 0 bridgehead atoms. The number of ketones is 1. The second-order valence-electron chi connectivity index (χ2n) is 6.68. The minimum absolute atomic E-state index is 0.0502. The normalized spacial score (nSPS) is 11.3. The molecule has 0 saturated heterocycles. The van der Waals surface area contributed by atoms with Gasteiger partial charge in [-0.15, -0.1) is 11.3 Å². The van der Waals surface area contributed by atoms with Crippen LogP contribution in [0.4, 0.5) is 0 Å². The van der Waals surface area contributed by atoms with Crippen molar-refractivity contribution in [2.24, 2.45) is 0 Å². The van der Waals surface area contributed by atoms with Gasteiger partial charge in [0.1, 0.15) is 9.71 Å². The van der Waals surface area contributed by atoms with Crippen molar-refractivity contribution >= 4 is 39.4 Å². The van der Waals surface area contributed by atoms with Gasteiger partial charge in [-0.05, 0) is 50.6 Å². The molecule has 0 unspecified atom stereocenters. The van der Waals surface area contributed by atoms with Crippen LogP contribution in [0.15, 0.2) is 36.5 Å². The monoisotopic (exact) mass is 411 g/mol. The molecule has 1 N–H and O–H groups in total. The second-order valence-corrected chi connectivity index (χ2v) is 7.68.